The molecule has 0 spiro atoms. The van der Waals surface area contributed by atoms with Crippen LogP contribution in [0.15, 0.2) is 53.5 Å². The second kappa shape index (κ2) is 11.7. The van der Waals surface area contributed by atoms with E-state index in [9.17, 15) is 4.79 Å². The van der Waals surface area contributed by atoms with E-state index in [-0.39, 0.29) is 30.6 Å². The third kappa shape index (κ3) is 8.04. The van der Waals surface area contributed by atoms with Crippen molar-refractivity contribution in [3.63, 3.8) is 0 Å². The van der Waals surface area contributed by atoms with Crippen molar-refractivity contribution in [2.45, 2.75) is 13.1 Å². The number of nitrogens with two attached hydrogens (primary N) is 1. The van der Waals surface area contributed by atoms with Crippen molar-refractivity contribution in [1.82, 2.24) is 10.2 Å². The summed E-state index contributed by atoms with van der Waals surface area (Å²) in [6.07, 6.45) is 0. The first-order valence-electron chi connectivity index (χ1n) is 8.14. The fourth-order valence-electron chi connectivity index (χ4n) is 2.45. The van der Waals surface area contributed by atoms with E-state index < -0.39 is 5.91 Å². The zero-order valence-electron chi connectivity index (χ0n) is 15.3. The maximum atomic E-state index is 10.8. The first kappa shape index (κ1) is 23.0. The maximum Gasteiger partial charge on any atom is 0.255 e. The Morgan fingerprint density at radius 1 is 1.22 bits per heavy atom. The lowest BCUT2D eigenvalue weighted by Gasteiger charge is -2.22. The predicted molar refractivity (Wildman–Crippen MR) is 120 cm³/mol. The van der Waals surface area contributed by atoms with Gasteiger partial charge < -0.3 is 20.7 Å². The highest BCUT2D eigenvalue weighted by atomic mass is 127. The van der Waals surface area contributed by atoms with Crippen LogP contribution in [0.25, 0.3) is 0 Å². The Hall–Kier alpha value is -2.00. The van der Waals surface area contributed by atoms with E-state index in [1.165, 1.54) is 0 Å². The summed E-state index contributed by atoms with van der Waals surface area (Å²) >= 11 is 6.04. The molecule has 0 atom stereocenters. The van der Waals surface area contributed by atoms with Crippen LogP contribution in [0.3, 0.4) is 0 Å². The first-order chi connectivity index (χ1) is 12.5. The SMILES string of the molecule is CN=C(NCc1cccc(OCC(N)=O)c1)N(C)Cc1cccc(Cl)c1.I. The van der Waals surface area contributed by atoms with Gasteiger partial charge in [-0.25, -0.2) is 0 Å². The molecular formula is C19H24ClIN4O2. The number of aliphatic imine (C=N–C) groups is 1. The van der Waals surface area contributed by atoms with Crippen molar-refractivity contribution in [3.8, 4) is 5.75 Å². The molecule has 0 unspecified atom stereocenters. The maximum absolute atomic E-state index is 10.8. The zero-order chi connectivity index (χ0) is 18.9. The summed E-state index contributed by atoms with van der Waals surface area (Å²) < 4.78 is 5.32. The number of nitrogens with zero attached hydrogens (tertiary/aromatic N) is 2. The van der Waals surface area contributed by atoms with Crippen molar-refractivity contribution in [2.75, 3.05) is 20.7 Å². The monoisotopic (exact) mass is 502 g/mol. The average Bonchev–Trinajstić information content (AvgIpc) is 2.61. The van der Waals surface area contributed by atoms with E-state index >= 15 is 0 Å². The molecule has 2 rings (SSSR count). The molecule has 0 aliphatic carbocycles. The topological polar surface area (TPSA) is 80.0 Å². The molecule has 0 saturated carbocycles. The van der Waals surface area contributed by atoms with Crippen molar-refractivity contribution >= 4 is 47.4 Å². The molecule has 8 heteroatoms. The summed E-state index contributed by atoms with van der Waals surface area (Å²) in [5, 5.41) is 4.02. The van der Waals surface area contributed by atoms with E-state index in [2.05, 4.69) is 10.3 Å². The van der Waals surface area contributed by atoms with Gasteiger partial charge in [-0.3, -0.25) is 9.79 Å². The Labute approximate surface area is 181 Å². The minimum atomic E-state index is -0.503. The van der Waals surface area contributed by atoms with Gasteiger partial charge in [0.05, 0.1) is 0 Å². The van der Waals surface area contributed by atoms with Gasteiger partial charge in [-0.1, -0.05) is 35.9 Å². The van der Waals surface area contributed by atoms with Gasteiger partial charge in [0, 0.05) is 32.2 Å². The smallest absolute Gasteiger partial charge is 0.255 e. The number of amides is 1. The number of ether oxygens (including phenoxy) is 1. The highest BCUT2D eigenvalue weighted by Crippen LogP contribution is 2.14. The molecule has 0 saturated heterocycles. The number of nitrogens with one attached hydrogen (secondary N) is 1. The lowest BCUT2D eigenvalue weighted by atomic mass is 10.2. The van der Waals surface area contributed by atoms with Crippen LogP contribution in [-0.2, 0) is 17.9 Å². The van der Waals surface area contributed by atoms with Crippen molar-refractivity contribution in [2.24, 2.45) is 10.7 Å². The van der Waals surface area contributed by atoms with Gasteiger partial charge in [-0.2, -0.15) is 0 Å². The number of rotatable bonds is 7. The predicted octanol–water partition coefficient (Wildman–Crippen LogP) is 3.03. The van der Waals surface area contributed by atoms with Crippen LogP contribution in [-0.4, -0.2) is 37.5 Å². The van der Waals surface area contributed by atoms with Gasteiger partial charge >= 0.3 is 0 Å². The molecule has 0 aromatic heterocycles. The minimum absolute atomic E-state index is 0. The number of primary amides is 1. The van der Waals surface area contributed by atoms with E-state index in [0.29, 0.717) is 23.9 Å². The molecule has 146 valence electrons. The quantitative estimate of drug-likeness (QED) is 0.347. The molecule has 0 aliphatic heterocycles. The highest BCUT2D eigenvalue weighted by molar-refractivity contribution is 14.0. The van der Waals surface area contributed by atoms with Crippen LogP contribution in [0, 0.1) is 0 Å². The van der Waals surface area contributed by atoms with Crippen LogP contribution in [0.4, 0.5) is 0 Å². The lowest BCUT2D eigenvalue weighted by Crippen LogP contribution is -2.38. The van der Waals surface area contributed by atoms with E-state index in [1.807, 2.05) is 54.4 Å². The molecule has 0 fully saturated rings. The summed E-state index contributed by atoms with van der Waals surface area (Å²) in [4.78, 5) is 17.1. The number of carbonyl (C=O) groups excluding carboxylic acids is 1. The van der Waals surface area contributed by atoms with E-state index in [1.54, 1.807) is 13.1 Å². The van der Waals surface area contributed by atoms with Crippen molar-refractivity contribution in [1.29, 1.82) is 0 Å². The Balaban J connectivity index is 0.00000364. The van der Waals surface area contributed by atoms with Gasteiger partial charge in [-0.15, -0.1) is 24.0 Å². The summed E-state index contributed by atoms with van der Waals surface area (Å²) in [6.45, 7) is 1.11. The van der Waals surface area contributed by atoms with Gasteiger partial charge in [0.1, 0.15) is 5.75 Å². The lowest BCUT2D eigenvalue weighted by molar-refractivity contribution is -0.119. The molecule has 1 amide bonds. The van der Waals surface area contributed by atoms with Crippen LogP contribution >= 0.6 is 35.6 Å². The van der Waals surface area contributed by atoms with Gasteiger partial charge in [0.25, 0.3) is 5.91 Å². The minimum Gasteiger partial charge on any atom is -0.484 e. The summed E-state index contributed by atoms with van der Waals surface area (Å²) in [5.41, 5.74) is 7.20. The van der Waals surface area contributed by atoms with Crippen molar-refractivity contribution in [3.05, 3.63) is 64.7 Å². The Morgan fingerprint density at radius 3 is 2.59 bits per heavy atom. The molecule has 2 aromatic carbocycles. The summed E-state index contributed by atoms with van der Waals surface area (Å²) in [6, 6.07) is 15.2. The summed E-state index contributed by atoms with van der Waals surface area (Å²) in [5.74, 6) is 0.857. The number of benzene rings is 2. The van der Waals surface area contributed by atoms with Gasteiger partial charge in [0.15, 0.2) is 12.6 Å². The highest BCUT2D eigenvalue weighted by Gasteiger charge is 2.07. The molecule has 3 N–H and O–H groups in total. The normalized spacial score (nSPS) is 10.7. The Bertz CT molecular complexity index is 786. The van der Waals surface area contributed by atoms with Gasteiger partial charge in [-0.05, 0) is 35.4 Å². The molecule has 0 aliphatic rings. The standard InChI is InChI=1S/C19H23ClN4O2.HI/c1-22-19(24(2)12-15-6-3-7-16(20)9-15)23-11-14-5-4-8-17(10-14)26-13-18(21)25;/h3-10H,11-13H2,1-2H3,(H2,21,25)(H,22,23);1H. The molecule has 2 aromatic rings. The first-order valence-corrected chi connectivity index (χ1v) is 8.52. The van der Waals surface area contributed by atoms with Crippen LogP contribution < -0.4 is 15.8 Å². The molecule has 0 radical (unpaired) electrons. The van der Waals surface area contributed by atoms with E-state index in [0.717, 1.165) is 17.1 Å². The van der Waals surface area contributed by atoms with Gasteiger partial charge in [0.2, 0.25) is 0 Å². The van der Waals surface area contributed by atoms with Crippen molar-refractivity contribution < 1.29 is 9.53 Å². The largest absolute Gasteiger partial charge is 0.484 e. The molecule has 27 heavy (non-hydrogen) atoms. The average molecular weight is 503 g/mol. The second-order valence-electron chi connectivity index (χ2n) is 5.79. The molecule has 0 heterocycles. The van der Waals surface area contributed by atoms with Crippen LogP contribution in [0.2, 0.25) is 5.02 Å². The molecule has 6 nitrogen and oxygen atoms in total. The fourth-order valence-corrected chi connectivity index (χ4v) is 2.66. The second-order valence-corrected chi connectivity index (χ2v) is 6.23. The molecular weight excluding hydrogens is 479 g/mol. The number of hydrogen-bond donors (Lipinski definition) is 2. The third-order valence-corrected chi connectivity index (χ3v) is 3.85. The Kier molecular flexibility index (Phi) is 9.95. The third-order valence-electron chi connectivity index (χ3n) is 3.61. The number of carbonyl (C=O) groups is 1. The Morgan fingerprint density at radius 2 is 1.93 bits per heavy atom. The van der Waals surface area contributed by atoms with E-state index in [4.69, 9.17) is 22.1 Å². The number of halogens is 2. The summed E-state index contributed by atoms with van der Waals surface area (Å²) in [7, 11) is 3.70. The number of guanidine groups is 1. The fraction of sp³-hybridized carbons (Fsp3) is 0.263. The van der Waals surface area contributed by atoms with Crippen LogP contribution in [0.1, 0.15) is 11.1 Å². The zero-order valence-corrected chi connectivity index (χ0v) is 18.4. The number of hydrogen-bond acceptors (Lipinski definition) is 3. The van der Waals surface area contributed by atoms with Crippen LogP contribution in [0.5, 0.6) is 5.75 Å². The molecule has 0 bridgehead atoms.